The zero-order valence-electron chi connectivity index (χ0n) is 14.7. The molecule has 0 saturated carbocycles. The molecule has 0 bridgehead atoms. The normalized spacial score (nSPS) is 24.3. The molecule has 0 spiro atoms. The molecular weight excluding hydrogens is 370 g/mol. The summed E-state index contributed by atoms with van der Waals surface area (Å²) in [5, 5.41) is -1.51. The minimum Gasteiger partial charge on any atom is -0.461 e. The monoisotopic (exact) mass is 389 g/mol. The number of fused-ring (bicyclic) bond motifs is 1. The first-order valence-electron chi connectivity index (χ1n) is 7.61. The molecule has 2 atom stereocenters. The SMILES string of the molecule is CC(=O)OCC1=C(C(=O)OC(C)(C)C)N2C(=O)[C@H](OC=O)C2S(=O)(=O)C1. The average molecular weight is 389 g/mol. The maximum Gasteiger partial charge on any atom is 0.355 e. The molecule has 2 rings (SSSR count). The van der Waals surface area contributed by atoms with E-state index in [2.05, 4.69) is 4.74 Å². The second-order valence-corrected chi connectivity index (χ2v) is 8.89. The molecule has 2 heterocycles. The van der Waals surface area contributed by atoms with Gasteiger partial charge in [0.05, 0.1) is 5.75 Å². The van der Waals surface area contributed by atoms with Crippen LogP contribution in [0.1, 0.15) is 27.7 Å². The van der Waals surface area contributed by atoms with Crippen molar-refractivity contribution in [1.82, 2.24) is 4.90 Å². The molecule has 0 aromatic heterocycles. The number of ether oxygens (including phenoxy) is 3. The third kappa shape index (κ3) is 3.71. The van der Waals surface area contributed by atoms with Gasteiger partial charge in [0, 0.05) is 12.5 Å². The minimum absolute atomic E-state index is 0.0271. The summed E-state index contributed by atoms with van der Waals surface area (Å²) in [6, 6.07) is 0. The van der Waals surface area contributed by atoms with Crippen LogP contribution in [-0.4, -0.2) is 67.1 Å². The second-order valence-electron chi connectivity index (χ2n) is 6.79. The van der Waals surface area contributed by atoms with Gasteiger partial charge in [0.15, 0.2) is 15.2 Å². The molecular formula is C15H19NO9S. The minimum atomic E-state index is -3.97. The van der Waals surface area contributed by atoms with E-state index in [1.807, 2.05) is 0 Å². The molecule has 11 heteroatoms. The van der Waals surface area contributed by atoms with Gasteiger partial charge in [0.2, 0.25) is 6.10 Å². The predicted molar refractivity (Wildman–Crippen MR) is 84.9 cm³/mol. The highest BCUT2D eigenvalue weighted by molar-refractivity contribution is 7.92. The third-order valence-corrected chi connectivity index (χ3v) is 5.50. The summed E-state index contributed by atoms with van der Waals surface area (Å²) in [5.41, 5.74) is -1.30. The van der Waals surface area contributed by atoms with Gasteiger partial charge in [-0.05, 0) is 20.8 Å². The van der Waals surface area contributed by atoms with Gasteiger partial charge in [-0.25, -0.2) is 13.2 Å². The molecule has 1 fully saturated rings. The summed E-state index contributed by atoms with van der Waals surface area (Å²) in [4.78, 5) is 47.1. The lowest BCUT2D eigenvalue weighted by Gasteiger charge is -2.48. The average Bonchev–Trinajstić information content (AvgIpc) is 2.47. The summed E-state index contributed by atoms with van der Waals surface area (Å²) in [7, 11) is -3.97. The van der Waals surface area contributed by atoms with Crippen LogP contribution >= 0.6 is 0 Å². The second kappa shape index (κ2) is 6.71. The number of amides is 1. The van der Waals surface area contributed by atoms with Crippen molar-refractivity contribution in [2.75, 3.05) is 12.4 Å². The number of hydrogen-bond acceptors (Lipinski definition) is 9. The van der Waals surface area contributed by atoms with E-state index >= 15 is 0 Å². The van der Waals surface area contributed by atoms with E-state index in [-0.39, 0.29) is 17.7 Å². The molecule has 0 aliphatic carbocycles. The molecule has 0 N–H and O–H groups in total. The number of β-lactam (4-membered cyclic amide) rings is 1. The molecule has 0 aromatic carbocycles. The van der Waals surface area contributed by atoms with Crippen LogP contribution in [0, 0.1) is 0 Å². The Morgan fingerprint density at radius 3 is 2.42 bits per heavy atom. The summed E-state index contributed by atoms with van der Waals surface area (Å²) >= 11 is 0. The van der Waals surface area contributed by atoms with Gasteiger partial charge in [0.25, 0.3) is 12.4 Å². The van der Waals surface area contributed by atoms with Crippen molar-refractivity contribution in [3.63, 3.8) is 0 Å². The number of carbonyl (C=O) groups excluding carboxylic acids is 4. The fourth-order valence-electron chi connectivity index (χ4n) is 2.64. The smallest absolute Gasteiger partial charge is 0.355 e. The molecule has 26 heavy (non-hydrogen) atoms. The van der Waals surface area contributed by atoms with Gasteiger partial charge in [-0.3, -0.25) is 19.3 Å². The van der Waals surface area contributed by atoms with Gasteiger partial charge in [0.1, 0.15) is 17.9 Å². The van der Waals surface area contributed by atoms with E-state index in [4.69, 9.17) is 9.47 Å². The van der Waals surface area contributed by atoms with Crippen molar-refractivity contribution in [2.45, 2.75) is 44.8 Å². The van der Waals surface area contributed by atoms with Crippen molar-refractivity contribution in [3.8, 4) is 0 Å². The van der Waals surface area contributed by atoms with Crippen LogP contribution in [0.2, 0.25) is 0 Å². The van der Waals surface area contributed by atoms with Crippen molar-refractivity contribution >= 4 is 34.2 Å². The number of hydrogen-bond donors (Lipinski definition) is 0. The fraction of sp³-hybridized carbons (Fsp3) is 0.600. The fourth-order valence-corrected chi connectivity index (χ4v) is 4.61. The van der Waals surface area contributed by atoms with E-state index in [1.54, 1.807) is 20.8 Å². The topological polar surface area (TPSA) is 133 Å². The number of rotatable bonds is 5. The Morgan fingerprint density at radius 1 is 1.31 bits per heavy atom. The predicted octanol–water partition coefficient (Wildman–Crippen LogP) is -0.716. The van der Waals surface area contributed by atoms with Crippen molar-refractivity contribution in [3.05, 3.63) is 11.3 Å². The van der Waals surface area contributed by atoms with Crippen LogP contribution in [0.4, 0.5) is 0 Å². The summed E-state index contributed by atoms with van der Waals surface area (Å²) in [6.07, 6.45) is -1.52. The van der Waals surface area contributed by atoms with Gasteiger partial charge in [-0.1, -0.05) is 0 Å². The van der Waals surface area contributed by atoms with Gasteiger partial charge in [-0.2, -0.15) is 0 Å². The maximum atomic E-state index is 12.6. The lowest BCUT2D eigenvalue weighted by molar-refractivity contribution is -0.171. The molecule has 2 aliphatic rings. The highest BCUT2D eigenvalue weighted by Crippen LogP contribution is 2.38. The van der Waals surface area contributed by atoms with Crippen molar-refractivity contribution in [2.24, 2.45) is 0 Å². The molecule has 0 aromatic rings. The summed E-state index contributed by atoms with van der Waals surface area (Å²) < 4.78 is 39.5. The Hall–Kier alpha value is -2.43. The van der Waals surface area contributed by atoms with Crippen LogP contribution in [0.3, 0.4) is 0 Å². The lowest BCUT2D eigenvalue weighted by atomic mass is 10.0. The lowest BCUT2D eigenvalue weighted by Crippen LogP contribution is -2.71. The van der Waals surface area contributed by atoms with E-state index < -0.39 is 57.1 Å². The zero-order valence-corrected chi connectivity index (χ0v) is 15.5. The van der Waals surface area contributed by atoms with Gasteiger partial charge in [-0.15, -0.1) is 0 Å². The molecule has 10 nitrogen and oxygen atoms in total. The van der Waals surface area contributed by atoms with Crippen LogP contribution in [0.5, 0.6) is 0 Å². The van der Waals surface area contributed by atoms with Gasteiger partial charge < -0.3 is 14.2 Å². The Bertz CT molecular complexity index is 790. The molecule has 1 unspecified atom stereocenters. The van der Waals surface area contributed by atoms with Crippen molar-refractivity contribution in [1.29, 1.82) is 0 Å². The first-order valence-corrected chi connectivity index (χ1v) is 9.33. The first-order chi connectivity index (χ1) is 11.9. The molecule has 1 saturated heterocycles. The van der Waals surface area contributed by atoms with Crippen LogP contribution < -0.4 is 0 Å². The Balaban J connectivity index is 2.50. The van der Waals surface area contributed by atoms with E-state index in [1.165, 1.54) is 0 Å². The van der Waals surface area contributed by atoms with Crippen LogP contribution in [0.15, 0.2) is 11.3 Å². The Morgan fingerprint density at radius 2 is 1.92 bits per heavy atom. The highest BCUT2D eigenvalue weighted by Gasteiger charge is 2.62. The summed E-state index contributed by atoms with van der Waals surface area (Å²) in [5.74, 6) is -3.12. The maximum absolute atomic E-state index is 12.6. The quantitative estimate of drug-likeness (QED) is 0.258. The number of nitrogens with zero attached hydrogens (tertiary/aromatic N) is 1. The van der Waals surface area contributed by atoms with Crippen molar-refractivity contribution < 1.29 is 41.8 Å². The molecule has 144 valence electrons. The van der Waals surface area contributed by atoms with E-state index in [9.17, 15) is 27.6 Å². The molecule has 0 radical (unpaired) electrons. The zero-order chi connectivity index (χ0) is 19.9. The molecule has 2 aliphatic heterocycles. The third-order valence-electron chi connectivity index (χ3n) is 3.56. The standard InChI is InChI=1S/C15H19NO9S/c1-8(18)23-5-9-6-26(21,22)13-11(24-7-17)12(19)16(13)10(9)14(20)25-15(2,3)4/h7,11,13H,5-6H2,1-4H3/t11-,13?/m0/s1. The number of carbonyl (C=O) groups is 4. The van der Waals surface area contributed by atoms with Gasteiger partial charge >= 0.3 is 11.9 Å². The Labute approximate surface area is 150 Å². The molecule has 1 amide bonds. The Kier molecular flexibility index (Phi) is 5.13. The van der Waals surface area contributed by atoms with E-state index in [0.717, 1.165) is 11.8 Å². The van der Waals surface area contributed by atoms with Crippen LogP contribution in [-0.2, 0) is 43.2 Å². The van der Waals surface area contributed by atoms with E-state index in [0.29, 0.717) is 0 Å². The largest absolute Gasteiger partial charge is 0.461 e. The first kappa shape index (κ1) is 19.9. The van der Waals surface area contributed by atoms with Crippen LogP contribution in [0.25, 0.3) is 0 Å². The number of esters is 2. The summed E-state index contributed by atoms with van der Waals surface area (Å²) in [6.45, 7) is 5.41. The highest BCUT2D eigenvalue weighted by atomic mass is 32.2. The number of sulfone groups is 1.